The van der Waals surface area contributed by atoms with Gasteiger partial charge in [-0.3, -0.25) is 4.79 Å². The summed E-state index contributed by atoms with van der Waals surface area (Å²) in [7, 11) is 2.15. The van der Waals surface area contributed by atoms with E-state index < -0.39 is 0 Å². The Labute approximate surface area is 188 Å². The van der Waals surface area contributed by atoms with E-state index in [1.807, 2.05) is 54.7 Å². The number of aromatic nitrogens is 1. The van der Waals surface area contributed by atoms with Crippen molar-refractivity contribution in [2.24, 2.45) is 0 Å². The maximum absolute atomic E-state index is 12.5. The van der Waals surface area contributed by atoms with Crippen LogP contribution in [-0.4, -0.2) is 55.6 Å². The Morgan fingerprint density at radius 1 is 0.935 bits per heavy atom. The second kappa shape index (κ2) is 9.94. The molecule has 0 bridgehead atoms. The van der Waals surface area contributed by atoms with Crippen molar-refractivity contribution in [1.29, 1.82) is 0 Å². The fourth-order valence-electron chi connectivity index (χ4n) is 3.67. The Morgan fingerprint density at radius 3 is 2.19 bits per heavy atom. The van der Waals surface area contributed by atoms with Gasteiger partial charge in [-0.25, -0.2) is 4.98 Å². The first-order valence-corrected chi connectivity index (χ1v) is 11.0. The van der Waals surface area contributed by atoms with Gasteiger partial charge in [0.25, 0.3) is 5.91 Å². The molecule has 6 heteroatoms. The number of likely N-dealkylation sites (N-methyl/N-ethyl adjacent to an activating group) is 1. The second-order valence-corrected chi connectivity index (χ2v) is 8.34. The molecule has 0 aliphatic carbocycles. The number of halogens is 1. The summed E-state index contributed by atoms with van der Waals surface area (Å²) in [4.78, 5) is 21.7. The van der Waals surface area contributed by atoms with Gasteiger partial charge in [-0.1, -0.05) is 41.9 Å². The first-order valence-electron chi connectivity index (χ1n) is 10.6. The van der Waals surface area contributed by atoms with Gasteiger partial charge in [-0.05, 0) is 60.5 Å². The highest BCUT2D eigenvalue weighted by Gasteiger charge is 2.15. The Bertz CT molecular complexity index is 995. The van der Waals surface area contributed by atoms with Crippen molar-refractivity contribution in [2.75, 3.05) is 44.7 Å². The van der Waals surface area contributed by atoms with Crippen LogP contribution in [0, 0.1) is 0 Å². The molecule has 2 heterocycles. The molecule has 0 saturated carbocycles. The lowest BCUT2D eigenvalue weighted by molar-refractivity contribution is 0.0954. The first-order chi connectivity index (χ1) is 15.1. The molecule has 1 aliphatic rings. The van der Waals surface area contributed by atoms with Crippen molar-refractivity contribution >= 4 is 23.3 Å². The van der Waals surface area contributed by atoms with Gasteiger partial charge >= 0.3 is 0 Å². The molecule has 2 aromatic carbocycles. The molecule has 31 heavy (non-hydrogen) atoms. The zero-order chi connectivity index (χ0) is 21.6. The van der Waals surface area contributed by atoms with E-state index in [0.717, 1.165) is 55.1 Å². The number of benzene rings is 2. The SMILES string of the molecule is CN1CCN(c2ccc(CCNC(=O)c3ccc(-c4ccc(Cl)cc4)cc3)cn2)CC1. The summed E-state index contributed by atoms with van der Waals surface area (Å²) < 4.78 is 0. The van der Waals surface area contributed by atoms with E-state index in [1.165, 1.54) is 0 Å². The quantitative estimate of drug-likeness (QED) is 0.633. The summed E-state index contributed by atoms with van der Waals surface area (Å²) in [6.07, 6.45) is 2.67. The zero-order valence-electron chi connectivity index (χ0n) is 17.7. The van der Waals surface area contributed by atoms with Crippen LogP contribution >= 0.6 is 11.6 Å². The highest BCUT2D eigenvalue weighted by Crippen LogP contribution is 2.22. The molecule has 1 amide bonds. The van der Waals surface area contributed by atoms with E-state index >= 15 is 0 Å². The third-order valence-corrected chi connectivity index (χ3v) is 5.91. The summed E-state index contributed by atoms with van der Waals surface area (Å²) in [5.41, 5.74) is 3.90. The normalized spacial score (nSPS) is 14.5. The smallest absolute Gasteiger partial charge is 0.251 e. The number of anilines is 1. The van der Waals surface area contributed by atoms with Crippen molar-refractivity contribution in [3.05, 3.63) is 83.0 Å². The van der Waals surface area contributed by atoms with Gasteiger partial charge in [0.05, 0.1) is 0 Å². The number of carbonyl (C=O) groups excluding carboxylic acids is 1. The summed E-state index contributed by atoms with van der Waals surface area (Å²) in [5.74, 6) is 0.964. The number of nitrogens with one attached hydrogen (secondary N) is 1. The van der Waals surface area contributed by atoms with Crippen molar-refractivity contribution in [3.8, 4) is 11.1 Å². The number of nitrogens with zero attached hydrogens (tertiary/aromatic N) is 3. The van der Waals surface area contributed by atoms with E-state index in [1.54, 1.807) is 0 Å². The molecule has 1 aliphatic heterocycles. The van der Waals surface area contributed by atoms with Gasteiger partial charge < -0.3 is 15.1 Å². The highest BCUT2D eigenvalue weighted by atomic mass is 35.5. The van der Waals surface area contributed by atoms with E-state index in [0.29, 0.717) is 17.1 Å². The Hall–Kier alpha value is -2.89. The Kier molecular flexibility index (Phi) is 6.85. The molecule has 4 rings (SSSR count). The fraction of sp³-hybridized carbons (Fsp3) is 0.280. The van der Waals surface area contributed by atoms with Crippen LogP contribution in [0.4, 0.5) is 5.82 Å². The standard InChI is InChI=1S/C25H27ClN4O/c1-29-14-16-30(17-15-29)24-11-2-19(18-28-24)12-13-27-25(31)22-5-3-20(4-6-22)21-7-9-23(26)10-8-21/h2-11,18H,12-17H2,1H3,(H,27,31). The molecule has 1 saturated heterocycles. The average molecular weight is 435 g/mol. The molecule has 1 aromatic heterocycles. The predicted octanol–water partition coefficient (Wildman–Crippen LogP) is 4.13. The van der Waals surface area contributed by atoms with Crippen LogP contribution in [0.25, 0.3) is 11.1 Å². The topological polar surface area (TPSA) is 48.5 Å². The van der Waals surface area contributed by atoms with Crippen molar-refractivity contribution in [3.63, 3.8) is 0 Å². The molecular formula is C25H27ClN4O. The van der Waals surface area contributed by atoms with Crippen LogP contribution in [0.3, 0.4) is 0 Å². The molecule has 3 aromatic rings. The number of hydrogen-bond acceptors (Lipinski definition) is 4. The maximum Gasteiger partial charge on any atom is 0.251 e. The van der Waals surface area contributed by atoms with Gasteiger partial charge in [0.1, 0.15) is 5.82 Å². The van der Waals surface area contributed by atoms with Crippen molar-refractivity contribution in [1.82, 2.24) is 15.2 Å². The highest BCUT2D eigenvalue weighted by molar-refractivity contribution is 6.30. The molecule has 5 nitrogen and oxygen atoms in total. The average Bonchev–Trinajstić information content (AvgIpc) is 2.81. The van der Waals surface area contributed by atoms with Crippen LogP contribution in [0.5, 0.6) is 0 Å². The lowest BCUT2D eigenvalue weighted by Gasteiger charge is -2.33. The minimum absolute atomic E-state index is 0.0651. The number of carbonyl (C=O) groups is 1. The number of piperazine rings is 1. The van der Waals surface area contributed by atoms with Crippen LogP contribution in [0.2, 0.25) is 5.02 Å². The third-order valence-electron chi connectivity index (χ3n) is 5.66. The van der Waals surface area contributed by atoms with Crippen LogP contribution in [0.1, 0.15) is 15.9 Å². The van der Waals surface area contributed by atoms with Crippen LogP contribution in [0.15, 0.2) is 66.9 Å². The molecule has 0 atom stereocenters. The van der Waals surface area contributed by atoms with E-state index in [-0.39, 0.29) is 5.91 Å². The number of amides is 1. The summed E-state index contributed by atoms with van der Waals surface area (Å²) in [6, 6.07) is 19.5. The number of hydrogen-bond donors (Lipinski definition) is 1. The van der Waals surface area contributed by atoms with Crippen molar-refractivity contribution < 1.29 is 4.79 Å². The van der Waals surface area contributed by atoms with Gasteiger partial charge in [0.15, 0.2) is 0 Å². The zero-order valence-corrected chi connectivity index (χ0v) is 18.5. The molecule has 1 N–H and O–H groups in total. The van der Waals surface area contributed by atoms with Crippen LogP contribution < -0.4 is 10.2 Å². The minimum atomic E-state index is -0.0651. The fourth-order valence-corrected chi connectivity index (χ4v) is 3.79. The number of rotatable bonds is 6. The Morgan fingerprint density at radius 2 is 1.58 bits per heavy atom. The first kappa shape index (κ1) is 21.3. The van der Waals surface area contributed by atoms with Crippen LogP contribution in [-0.2, 0) is 6.42 Å². The lowest BCUT2D eigenvalue weighted by Crippen LogP contribution is -2.44. The summed E-state index contributed by atoms with van der Waals surface area (Å²) in [5, 5.41) is 3.71. The molecular weight excluding hydrogens is 408 g/mol. The summed E-state index contributed by atoms with van der Waals surface area (Å²) in [6.45, 7) is 4.73. The summed E-state index contributed by atoms with van der Waals surface area (Å²) >= 11 is 5.95. The molecule has 0 spiro atoms. The predicted molar refractivity (Wildman–Crippen MR) is 127 cm³/mol. The Balaban J connectivity index is 1.26. The largest absolute Gasteiger partial charge is 0.354 e. The molecule has 1 fully saturated rings. The second-order valence-electron chi connectivity index (χ2n) is 7.91. The van der Waals surface area contributed by atoms with Gasteiger partial charge in [0, 0.05) is 49.5 Å². The maximum atomic E-state index is 12.5. The van der Waals surface area contributed by atoms with E-state index in [9.17, 15) is 4.79 Å². The minimum Gasteiger partial charge on any atom is -0.354 e. The number of pyridine rings is 1. The third kappa shape index (κ3) is 5.63. The van der Waals surface area contributed by atoms with Crippen molar-refractivity contribution in [2.45, 2.75) is 6.42 Å². The monoisotopic (exact) mass is 434 g/mol. The molecule has 160 valence electrons. The lowest BCUT2D eigenvalue weighted by atomic mass is 10.0. The van der Waals surface area contributed by atoms with E-state index in [4.69, 9.17) is 11.6 Å². The van der Waals surface area contributed by atoms with E-state index in [2.05, 4.69) is 39.3 Å². The molecule has 0 radical (unpaired) electrons. The van der Waals surface area contributed by atoms with Gasteiger partial charge in [-0.15, -0.1) is 0 Å². The molecule has 0 unspecified atom stereocenters. The van der Waals surface area contributed by atoms with Gasteiger partial charge in [-0.2, -0.15) is 0 Å². The van der Waals surface area contributed by atoms with Gasteiger partial charge in [0.2, 0.25) is 0 Å².